The number of amides is 1. The standard InChI is InChI=1S/C8H11FN4O/c9-5-3-6(10-4-5)8(14)12-7-1-2-11-13-7/h1-2,5-6,10H,3-4H2,(H2,11,12,13,14)/t5-,6+/m0/s1. The van der Waals surface area contributed by atoms with Gasteiger partial charge in [0.05, 0.1) is 12.2 Å². The number of anilines is 1. The van der Waals surface area contributed by atoms with Gasteiger partial charge in [-0.1, -0.05) is 0 Å². The summed E-state index contributed by atoms with van der Waals surface area (Å²) in [6.45, 7) is 0.251. The lowest BCUT2D eigenvalue weighted by Crippen LogP contribution is -2.35. The molecule has 1 aliphatic rings. The third-order valence-corrected chi connectivity index (χ3v) is 2.15. The summed E-state index contributed by atoms with van der Waals surface area (Å²) >= 11 is 0. The van der Waals surface area contributed by atoms with Gasteiger partial charge in [-0.3, -0.25) is 9.89 Å². The molecule has 1 saturated heterocycles. The molecule has 1 fully saturated rings. The van der Waals surface area contributed by atoms with Crippen molar-refractivity contribution in [3.8, 4) is 0 Å². The Morgan fingerprint density at radius 3 is 3.14 bits per heavy atom. The number of nitrogens with zero attached hydrogens (tertiary/aromatic N) is 1. The largest absolute Gasteiger partial charge is 0.310 e. The Labute approximate surface area is 80.1 Å². The summed E-state index contributed by atoms with van der Waals surface area (Å²) in [6.07, 6.45) is 0.850. The topological polar surface area (TPSA) is 69.8 Å². The molecule has 3 N–H and O–H groups in total. The van der Waals surface area contributed by atoms with Crippen LogP contribution in [0.2, 0.25) is 0 Å². The Morgan fingerprint density at radius 2 is 2.57 bits per heavy atom. The number of aromatic amines is 1. The van der Waals surface area contributed by atoms with Crippen LogP contribution in [-0.4, -0.2) is 34.9 Å². The number of hydrogen-bond donors (Lipinski definition) is 3. The van der Waals surface area contributed by atoms with Crippen LogP contribution in [0.5, 0.6) is 0 Å². The predicted octanol–water partition coefficient (Wildman–Crippen LogP) is 0.0482. The fraction of sp³-hybridized carbons (Fsp3) is 0.500. The van der Waals surface area contributed by atoms with Gasteiger partial charge >= 0.3 is 0 Å². The van der Waals surface area contributed by atoms with E-state index in [4.69, 9.17) is 0 Å². The molecule has 0 aliphatic carbocycles. The third-order valence-electron chi connectivity index (χ3n) is 2.15. The van der Waals surface area contributed by atoms with Crippen molar-refractivity contribution < 1.29 is 9.18 Å². The van der Waals surface area contributed by atoms with E-state index < -0.39 is 12.2 Å². The first-order valence-corrected chi connectivity index (χ1v) is 4.43. The van der Waals surface area contributed by atoms with Gasteiger partial charge in [-0.15, -0.1) is 0 Å². The van der Waals surface area contributed by atoms with E-state index in [0.29, 0.717) is 5.82 Å². The number of alkyl halides is 1. The number of nitrogens with one attached hydrogen (secondary N) is 3. The van der Waals surface area contributed by atoms with Crippen LogP contribution >= 0.6 is 0 Å². The minimum atomic E-state index is -0.924. The molecule has 0 bridgehead atoms. The van der Waals surface area contributed by atoms with E-state index in [0.717, 1.165) is 0 Å². The van der Waals surface area contributed by atoms with Crippen molar-refractivity contribution in [1.82, 2.24) is 15.5 Å². The van der Waals surface area contributed by atoms with Crippen LogP contribution < -0.4 is 10.6 Å². The summed E-state index contributed by atoms with van der Waals surface area (Å²) in [5.41, 5.74) is 0. The average molecular weight is 198 g/mol. The number of aromatic nitrogens is 2. The predicted molar refractivity (Wildman–Crippen MR) is 48.5 cm³/mol. The zero-order valence-electron chi connectivity index (χ0n) is 7.46. The number of hydrogen-bond acceptors (Lipinski definition) is 3. The molecule has 1 amide bonds. The van der Waals surface area contributed by atoms with Gasteiger partial charge in [0.1, 0.15) is 12.0 Å². The molecule has 76 valence electrons. The molecule has 1 aliphatic heterocycles. The van der Waals surface area contributed by atoms with Crippen molar-refractivity contribution in [1.29, 1.82) is 0 Å². The summed E-state index contributed by atoms with van der Waals surface area (Å²) < 4.78 is 12.8. The summed E-state index contributed by atoms with van der Waals surface area (Å²) in [5.74, 6) is 0.300. The van der Waals surface area contributed by atoms with Gasteiger partial charge in [0, 0.05) is 19.0 Å². The second-order valence-electron chi connectivity index (χ2n) is 3.25. The van der Waals surface area contributed by atoms with Crippen molar-refractivity contribution in [2.75, 3.05) is 11.9 Å². The fourth-order valence-electron chi connectivity index (χ4n) is 1.44. The van der Waals surface area contributed by atoms with Crippen LogP contribution in [0.4, 0.5) is 10.2 Å². The molecule has 0 aromatic carbocycles. The molecule has 0 unspecified atom stereocenters. The van der Waals surface area contributed by atoms with E-state index in [1.807, 2.05) is 0 Å². The first kappa shape index (κ1) is 9.14. The van der Waals surface area contributed by atoms with Crippen LogP contribution in [0.15, 0.2) is 12.3 Å². The Morgan fingerprint density at radius 1 is 1.71 bits per heavy atom. The smallest absolute Gasteiger partial charge is 0.242 e. The second-order valence-corrected chi connectivity index (χ2v) is 3.25. The van der Waals surface area contributed by atoms with E-state index in [2.05, 4.69) is 20.8 Å². The van der Waals surface area contributed by atoms with E-state index in [-0.39, 0.29) is 18.9 Å². The Bertz CT molecular complexity index is 313. The van der Waals surface area contributed by atoms with Crippen molar-refractivity contribution in [3.63, 3.8) is 0 Å². The number of H-pyrrole nitrogens is 1. The quantitative estimate of drug-likeness (QED) is 0.628. The summed E-state index contributed by atoms with van der Waals surface area (Å²) in [5, 5.41) is 11.7. The molecular formula is C8H11FN4O. The number of rotatable bonds is 2. The van der Waals surface area contributed by atoms with Gasteiger partial charge in [-0.05, 0) is 0 Å². The van der Waals surface area contributed by atoms with E-state index in [1.54, 1.807) is 6.07 Å². The highest BCUT2D eigenvalue weighted by molar-refractivity contribution is 5.94. The maximum atomic E-state index is 12.8. The van der Waals surface area contributed by atoms with E-state index >= 15 is 0 Å². The van der Waals surface area contributed by atoms with Gasteiger partial charge in [0.2, 0.25) is 5.91 Å². The Kier molecular flexibility index (Phi) is 2.45. The number of halogens is 1. The number of carbonyl (C=O) groups is 1. The Balaban J connectivity index is 1.90. The summed E-state index contributed by atoms with van der Waals surface area (Å²) in [6, 6.07) is 1.20. The molecule has 14 heavy (non-hydrogen) atoms. The monoisotopic (exact) mass is 198 g/mol. The zero-order valence-corrected chi connectivity index (χ0v) is 7.46. The Hall–Kier alpha value is -1.43. The van der Waals surface area contributed by atoms with E-state index in [9.17, 15) is 9.18 Å². The van der Waals surface area contributed by atoms with Crippen molar-refractivity contribution in [2.45, 2.75) is 18.6 Å². The van der Waals surface area contributed by atoms with Crippen molar-refractivity contribution >= 4 is 11.7 Å². The molecule has 2 heterocycles. The first-order valence-electron chi connectivity index (χ1n) is 4.43. The summed E-state index contributed by atoms with van der Waals surface area (Å²) in [4.78, 5) is 11.5. The minimum absolute atomic E-state index is 0.227. The van der Waals surface area contributed by atoms with Gasteiger partial charge < -0.3 is 10.6 Å². The average Bonchev–Trinajstić information content (AvgIpc) is 2.75. The molecule has 6 heteroatoms. The van der Waals surface area contributed by atoms with Crippen LogP contribution in [0.3, 0.4) is 0 Å². The molecule has 2 atom stereocenters. The lowest BCUT2D eigenvalue weighted by atomic mass is 10.2. The van der Waals surface area contributed by atoms with Crippen LogP contribution in [0.25, 0.3) is 0 Å². The maximum absolute atomic E-state index is 12.8. The maximum Gasteiger partial charge on any atom is 0.242 e. The second kappa shape index (κ2) is 3.75. The molecule has 0 radical (unpaired) electrons. The first-order chi connectivity index (χ1) is 6.75. The molecular weight excluding hydrogens is 187 g/mol. The van der Waals surface area contributed by atoms with Crippen molar-refractivity contribution in [2.24, 2.45) is 0 Å². The van der Waals surface area contributed by atoms with Gasteiger partial charge in [-0.25, -0.2) is 4.39 Å². The van der Waals surface area contributed by atoms with Crippen LogP contribution in [0, 0.1) is 0 Å². The summed E-state index contributed by atoms with van der Waals surface area (Å²) in [7, 11) is 0. The van der Waals surface area contributed by atoms with Gasteiger partial charge in [0.25, 0.3) is 0 Å². The molecule has 0 saturated carbocycles. The molecule has 0 spiro atoms. The van der Waals surface area contributed by atoms with Crippen LogP contribution in [0.1, 0.15) is 6.42 Å². The third kappa shape index (κ3) is 1.90. The minimum Gasteiger partial charge on any atom is -0.310 e. The zero-order chi connectivity index (χ0) is 9.97. The van der Waals surface area contributed by atoms with Gasteiger partial charge in [-0.2, -0.15) is 5.10 Å². The SMILES string of the molecule is O=C(Nc1ccn[nH]1)[C@H]1C[C@H](F)CN1. The lowest BCUT2D eigenvalue weighted by Gasteiger charge is -2.08. The van der Waals surface area contributed by atoms with E-state index in [1.165, 1.54) is 6.20 Å². The van der Waals surface area contributed by atoms with Crippen molar-refractivity contribution in [3.05, 3.63) is 12.3 Å². The highest BCUT2D eigenvalue weighted by Crippen LogP contribution is 2.11. The normalized spacial score (nSPS) is 26.4. The highest BCUT2D eigenvalue weighted by atomic mass is 19.1. The highest BCUT2D eigenvalue weighted by Gasteiger charge is 2.29. The lowest BCUT2D eigenvalue weighted by molar-refractivity contribution is -0.117. The number of carbonyl (C=O) groups excluding carboxylic acids is 1. The van der Waals surface area contributed by atoms with Crippen LogP contribution in [-0.2, 0) is 4.79 Å². The molecule has 1 aromatic rings. The molecule has 2 rings (SSSR count). The molecule has 1 aromatic heterocycles. The molecule has 5 nitrogen and oxygen atoms in total. The fourth-order valence-corrected chi connectivity index (χ4v) is 1.44. The van der Waals surface area contributed by atoms with Gasteiger partial charge in [0.15, 0.2) is 0 Å².